The highest BCUT2D eigenvalue weighted by atomic mass is 35.5. The van der Waals surface area contributed by atoms with E-state index in [2.05, 4.69) is 67.4 Å². The molecule has 0 amide bonds. The van der Waals surface area contributed by atoms with E-state index < -0.39 is 0 Å². The standard InChI is InChI=1S/C20H23N.ClH/c1-14-6-5-7-15(12-14)19-13-20-18(10-11-21(20)2)16-8-3-4-9-17(16)19;/h3-9,12,18-20H,10-11,13H2,1-2H3;1H/t18?,19?,20-;/m0./s1. The molecule has 1 aliphatic carbocycles. The number of likely N-dealkylation sites (tertiary alicyclic amines) is 1. The maximum Gasteiger partial charge on any atom is 0.0170 e. The molecule has 1 nitrogen and oxygen atoms in total. The first kappa shape index (κ1) is 15.6. The molecule has 3 atom stereocenters. The van der Waals surface area contributed by atoms with Gasteiger partial charge in [0.15, 0.2) is 0 Å². The quantitative estimate of drug-likeness (QED) is 0.735. The number of hydrogen-bond acceptors (Lipinski definition) is 1. The molecule has 0 aromatic heterocycles. The zero-order valence-corrected chi connectivity index (χ0v) is 14.1. The Morgan fingerprint density at radius 1 is 1.00 bits per heavy atom. The van der Waals surface area contributed by atoms with Crippen molar-refractivity contribution >= 4 is 12.4 Å². The molecule has 1 aliphatic heterocycles. The molecule has 1 fully saturated rings. The van der Waals surface area contributed by atoms with Gasteiger partial charge in [0, 0.05) is 17.9 Å². The van der Waals surface area contributed by atoms with Crippen molar-refractivity contribution in [1.29, 1.82) is 0 Å². The summed E-state index contributed by atoms with van der Waals surface area (Å²) in [7, 11) is 2.30. The molecule has 0 radical (unpaired) electrons. The molecule has 0 N–H and O–H groups in total. The third kappa shape index (κ3) is 2.47. The molecular formula is C20H24ClN. The van der Waals surface area contributed by atoms with Gasteiger partial charge in [-0.15, -0.1) is 12.4 Å². The van der Waals surface area contributed by atoms with Crippen LogP contribution in [0.5, 0.6) is 0 Å². The van der Waals surface area contributed by atoms with Crippen LogP contribution in [-0.2, 0) is 0 Å². The number of rotatable bonds is 1. The zero-order valence-electron chi connectivity index (χ0n) is 13.3. The molecule has 2 unspecified atom stereocenters. The Hall–Kier alpha value is -1.31. The summed E-state index contributed by atoms with van der Waals surface area (Å²) in [6, 6.07) is 18.9. The Labute approximate surface area is 139 Å². The number of fused-ring (bicyclic) bond motifs is 3. The van der Waals surface area contributed by atoms with Crippen molar-refractivity contribution in [2.75, 3.05) is 13.6 Å². The highest BCUT2D eigenvalue weighted by Crippen LogP contribution is 2.47. The van der Waals surface area contributed by atoms with Gasteiger partial charge in [-0.05, 0) is 50.0 Å². The molecular weight excluding hydrogens is 290 g/mol. The van der Waals surface area contributed by atoms with Gasteiger partial charge in [0.2, 0.25) is 0 Å². The molecule has 116 valence electrons. The lowest BCUT2D eigenvalue weighted by atomic mass is 9.71. The first-order chi connectivity index (χ1) is 10.2. The van der Waals surface area contributed by atoms with Gasteiger partial charge >= 0.3 is 0 Å². The second-order valence-corrected chi connectivity index (χ2v) is 6.77. The lowest BCUT2D eigenvalue weighted by molar-refractivity contribution is 0.265. The number of likely N-dealkylation sites (N-methyl/N-ethyl adjacent to an activating group) is 1. The molecule has 2 aromatic rings. The van der Waals surface area contributed by atoms with E-state index in [1.807, 2.05) is 0 Å². The van der Waals surface area contributed by atoms with Gasteiger partial charge in [0.1, 0.15) is 0 Å². The Balaban J connectivity index is 0.00000144. The average Bonchev–Trinajstić information content (AvgIpc) is 2.88. The van der Waals surface area contributed by atoms with Crippen molar-refractivity contribution in [2.45, 2.75) is 37.6 Å². The highest BCUT2D eigenvalue weighted by molar-refractivity contribution is 5.85. The van der Waals surface area contributed by atoms with Gasteiger partial charge in [-0.25, -0.2) is 0 Å². The molecule has 0 spiro atoms. The lowest BCUT2D eigenvalue weighted by Gasteiger charge is -2.37. The fourth-order valence-corrected chi connectivity index (χ4v) is 4.45. The number of halogens is 1. The van der Waals surface area contributed by atoms with Gasteiger partial charge in [0.25, 0.3) is 0 Å². The van der Waals surface area contributed by atoms with Crippen LogP contribution in [0.2, 0.25) is 0 Å². The summed E-state index contributed by atoms with van der Waals surface area (Å²) in [4.78, 5) is 2.57. The number of hydrogen-bond donors (Lipinski definition) is 0. The van der Waals surface area contributed by atoms with Crippen molar-refractivity contribution < 1.29 is 0 Å². The van der Waals surface area contributed by atoms with Crippen LogP contribution in [-0.4, -0.2) is 24.5 Å². The van der Waals surface area contributed by atoms with Crippen molar-refractivity contribution in [3.05, 3.63) is 70.8 Å². The SMILES string of the molecule is Cc1cccc(C2C[C@H]3C(CCN3C)c3ccccc32)c1.Cl. The van der Waals surface area contributed by atoms with E-state index in [0.717, 1.165) is 5.92 Å². The van der Waals surface area contributed by atoms with Crippen LogP contribution in [0.25, 0.3) is 0 Å². The predicted molar refractivity (Wildman–Crippen MR) is 95.1 cm³/mol. The second kappa shape index (κ2) is 6.06. The smallest absolute Gasteiger partial charge is 0.0170 e. The van der Waals surface area contributed by atoms with Crippen LogP contribution < -0.4 is 0 Å². The molecule has 0 bridgehead atoms. The van der Waals surface area contributed by atoms with E-state index in [1.165, 1.54) is 30.5 Å². The fourth-order valence-electron chi connectivity index (χ4n) is 4.45. The Bertz CT molecular complexity index is 666. The van der Waals surface area contributed by atoms with Crippen LogP contribution in [0.4, 0.5) is 0 Å². The number of benzene rings is 2. The third-order valence-corrected chi connectivity index (χ3v) is 5.52. The zero-order chi connectivity index (χ0) is 14.4. The van der Waals surface area contributed by atoms with Crippen LogP contribution >= 0.6 is 12.4 Å². The summed E-state index contributed by atoms with van der Waals surface area (Å²) in [5.41, 5.74) is 6.03. The summed E-state index contributed by atoms with van der Waals surface area (Å²) in [6.07, 6.45) is 2.58. The van der Waals surface area contributed by atoms with E-state index in [1.54, 1.807) is 11.1 Å². The van der Waals surface area contributed by atoms with E-state index in [9.17, 15) is 0 Å². The van der Waals surface area contributed by atoms with E-state index in [-0.39, 0.29) is 12.4 Å². The molecule has 0 saturated carbocycles. The van der Waals surface area contributed by atoms with E-state index in [4.69, 9.17) is 0 Å². The van der Waals surface area contributed by atoms with Crippen molar-refractivity contribution in [1.82, 2.24) is 4.90 Å². The highest BCUT2D eigenvalue weighted by Gasteiger charge is 2.40. The minimum absolute atomic E-state index is 0. The van der Waals surface area contributed by atoms with E-state index in [0.29, 0.717) is 12.0 Å². The normalized spacial score (nSPS) is 26.9. The van der Waals surface area contributed by atoms with Crippen molar-refractivity contribution in [3.63, 3.8) is 0 Å². The molecule has 1 heterocycles. The van der Waals surface area contributed by atoms with E-state index >= 15 is 0 Å². The maximum absolute atomic E-state index is 2.57. The summed E-state index contributed by atoms with van der Waals surface area (Å²) < 4.78 is 0. The summed E-state index contributed by atoms with van der Waals surface area (Å²) in [6.45, 7) is 3.44. The summed E-state index contributed by atoms with van der Waals surface area (Å²) in [5.74, 6) is 1.30. The van der Waals surface area contributed by atoms with Gasteiger partial charge in [0.05, 0.1) is 0 Å². The Morgan fingerprint density at radius 3 is 2.55 bits per heavy atom. The van der Waals surface area contributed by atoms with Crippen LogP contribution in [0, 0.1) is 6.92 Å². The Kier molecular flexibility index (Phi) is 4.29. The van der Waals surface area contributed by atoms with Crippen molar-refractivity contribution in [3.8, 4) is 0 Å². The molecule has 1 saturated heterocycles. The van der Waals surface area contributed by atoms with Gasteiger partial charge < -0.3 is 4.90 Å². The van der Waals surface area contributed by atoms with Crippen LogP contribution in [0.1, 0.15) is 46.9 Å². The first-order valence-corrected chi connectivity index (χ1v) is 8.09. The predicted octanol–water partition coefficient (Wildman–Crippen LogP) is 4.74. The molecule has 4 rings (SSSR count). The fraction of sp³-hybridized carbons (Fsp3) is 0.400. The summed E-state index contributed by atoms with van der Waals surface area (Å²) >= 11 is 0. The van der Waals surface area contributed by atoms with Gasteiger partial charge in [-0.1, -0.05) is 54.1 Å². The summed E-state index contributed by atoms with van der Waals surface area (Å²) in [5, 5.41) is 0. The lowest BCUT2D eigenvalue weighted by Crippen LogP contribution is -2.34. The number of aryl methyl sites for hydroxylation is 1. The molecule has 22 heavy (non-hydrogen) atoms. The number of nitrogens with zero attached hydrogens (tertiary/aromatic N) is 1. The second-order valence-electron chi connectivity index (χ2n) is 6.77. The maximum atomic E-state index is 2.57. The first-order valence-electron chi connectivity index (χ1n) is 8.09. The Morgan fingerprint density at radius 2 is 1.77 bits per heavy atom. The minimum atomic E-state index is 0. The topological polar surface area (TPSA) is 3.24 Å². The van der Waals surface area contributed by atoms with Crippen LogP contribution in [0.15, 0.2) is 48.5 Å². The van der Waals surface area contributed by atoms with Crippen LogP contribution in [0.3, 0.4) is 0 Å². The molecule has 2 heteroatoms. The average molecular weight is 314 g/mol. The minimum Gasteiger partial charge on any atom is -0.303 e. The van der Waals surface area contributed by atoms with Gasteiger partial charge in [-0.3, -0.25) is 0 Å². The third-order valence-electron chi connectivity index (χ3n) is 5.52. The monoisotopic (exact) mass is 313 g/mol. The van der Waals surface area contributed by atoms with Gasteiger partial charge in [-0.2, -0.15) is 0 Å². The molecule has 2 aliphatic rings. The largest absolute Gasteiger partial charge is 0.303 e. The molecule has 2 aromatic carbocycles. The van der Waals surface area contributed by atoms with Crippen molar-refractivity contribution in [2.24, 2.45) is 0 Å².